The van der Waals surface area contributed by atoms with Crippen molar-refractivity contribution in [3.05, 3.63) is 79.5 Å². The fourth-order valence-corrected chi connectivity index (χ4v) is 6.08. The van der Waals surface area contributed by atoms with E-state index in [1.54, 1.807) is 16.8 Å². The molecule has 8 nitrogen and oxygen atoms in total. The number of hydrogen-bond acceptors (Lipinski definition) is 6. The summed E-state index contributed by atoms with van der Waals surface area (Å²) in [5, 5.41) is 9.29. The number of benzene rings is 2. The number of carbonyl (C=O) groups excluding carboxylic acids is 2. The van der Waals surface area contributed by atoms with E-state index in [1.165, 1.54) is 12.7 Å². The minimum absolute atomic E-state index is 0.135. The third-order valence-corrected chi connectivity index (χ3v) is 9.33. The lowest BCUT2D eigenvalue weighted by molar-refractivity contribution is -0.145. The Morgan fingerprint density at radius 2 is 1.75 bits per heavy atom. The molecule has 1 aliphatic heterocycles. The van der Waals surface area contributed by atoms with Crippen molar-refractivity contribution < 1.29 is 14.3 Å². The van der Waals surface area contributed by atoms with Gasteiger partial charge in [0.1, 0.15) is 0 Å². The first-order valence-corrected chi connectivity index (χ1v) is 14.7. The SMILES string of the molecule is COC(=O)C(Cc1ccc(Cl)cc1)n1cc(CN2[C@H](C)CN(C(=O)Cc3c(C)cc(C)c(Br)c3C)C[C@@H]2C)nn1. The standard InChI is InChI=1S/C30H37BrClN5O3/c1-18-11-19(2)29(31)22(5)26(18)13-28(38)35-14-20(3)36(21(4)15-35)16-25-17-37(34-33-25)27(30(39)40-6)12-23-7-9-24(32)10-8-23/h7-11,17,20-21,27H,12-16H2,1-6H3/t20-,21+,27?. The van der Waals surface area contributed by atoms with Crippen LogP contribution in [0.4, 0.5) is 0 Å². The van der Waals surface area contributed by atoms with Gasteiger partial charge in [-0.3, -0.25) is 9.69 Å². The zero-order valence-corrected chi connectivity index (χ0v) is 26.3. The van der Waals surface area contributed by atoms with Crippen LogP contribution in [0.2, 0.25) is 5.02 Å². The van der Waals surface area contributed by atoms with Crippen molar-refractivity contribution in [3.63, 3.8) is 0 Å². The average Bonchev–Trinajstić information content (AvgIpc) is 3.39. The van der Waals surface area contributed by atoms with Crippen LogP contribution >= 0.6 is 27.5 Å². The molecule has 0 saturated carbocycles. The van der Waals surface area contributed by atoms with Gasteiger partial charge in [0.2, 0.25) is 5.91 Å². The normalized spacial score (nSPS) is 18.6. The predicted molar refractivity (Wildman–Crippen MR) is 159 cm³/mol. The monoisotopic (exact) mass is 629 g/mol. The highest BCUT2D eigenvalue weighted by Gasteiger charge is 2.33. The number of esters is 1. The van der Waals surface area contributed by atoms with Gasteiger partial charge in [0.15, 0.2) is 6.04 Å². The lowest BCUT2D eigenvalue weighted by atomic mass is 9.96. The van der Waals surface area contributed by atoms with Gasteiger partial charge in [0.05, 0.1) is 25.4 Å². The minimum Gasteiger partial charge on any atom is -0.467 e. The fraction of sp³-hybridized carbons (Fsp3) is 0.467. The first kappa shape index (κ1) is 30.2. The van der Waals surface area contributed by atoms with Gasteiger partial charge in [-0.1, -0.05) is 50.9 Å². The number of halogens is 2. The number of aromatic nitrogens is 3. The van der Waals surface area contributed by atoms with Gasteiger partial charge >= 0.3 is 5.97 Å². The molecular formula is C30H37BrClN5O3. The van der Waals surface area contributed by atoms with Gasteiger partial charge in [-0.2, -0.15) is 0 Å². The molecule has 3 aromatic rings. The van der Waals surface area contributed by atoms with E-state index in [9.17, 15) is 9.59 Å². The topological polar surface area (TPSA) is 80.6 Å². The van der Waals surface area contributed by atoms with Crippen molar-refractivity contribution in [3.8, 4) is 0 Å². The molecule has 2 aromatic carbocycles. The quantitative estimate of drug-likeness (QED) is 0.317. The first-order chi connectivity index (χ1) is 19.0. The van der Waals surface area contributed by atoms with Crippen LogP contribution in [0.1, 0.15) is 53.4 Å². The summed E-state index contributed by atoms with van der Waals surface area (Å²) in [4.78, 5) is 30.3. The molecule has 40 heavy (non-hydrogen) atoms. The summed E-state index contributed by atoms with van der Waals surface area (Å²) in [5.41, 5.74) is 6.27. The van der Waals surface area contributed by atoms with Crippen molar-refractivity contribution in [2.45, 2.75) is 72.1 Å². The molecule has 1 aliphatic rings. The van der Waals surface area contributed by atoms with E-state index >= 15 is 0 Å². The van der Waals surface area contributed by atoms with Gasteiger partial charge < -0.3 is 9.64 Å². The van der Waals surface area contributed by atoms with Crippen molar-refractivity contribution in [1.82, 2.24) is 24.8 Å². The average molecular weight is 631 g/mol. The third-order valence-electron chi connectivity index (χ3n) is 7.86. The number of hydrogen-bond donors (Lipinski definition) is 0. The Labute approximate surface area is 249 Å². The molecule has 2 heterocycles. The van der Waals surface area contributed by atoms with Crippen LogP contribution in [0.25, 0.3) is 0 Å². The highest BCUT2D eigenvalue weighted by molar-refractivity contribution is 9.10. The fourth-order valence-electron chi connectivity index (χ4n) is 5.60. The summed E-state index contributed by atoms with van der Waals surface area (Å²) in [7, 11) is 1.37. The van der Waals surface area contributed by atoms with Crippen LogP contribution in [0, 0.1) is 20.8 Å². The van der Waals surface area contributed by atoms with E-state index in [2.05, 4.69) is 71.8 Å². The van der Waals surface area contributed by atoms with Gasteiger partial charge in [-0.05, 0) is 74.6 Å². The number of methoxy groups -OCH3 is 1. The number of aryl methyl sites for hydroxylation is 2. The molecule has 0 aliphatic carbocycles. The molecule has 3 atom stereocenters. The largest absolute Gasteiger partial charge is 0.467 e. The maximum atomic E-state index is 13.4. The summed E-state index contributed by atoms with van der Waals surface area (Å²) >= 11 is 9.69. The molecule has 1 aromatic heterocycles. The van der Waals surface area contributed by atoms with E-state index in [0.717, 1.165) is 32.4 Å². The van der Waals surface area contributed by atoms with Crippen LogP contribution in [-0.4, -0.2) is 69.0 Å². The molecule has 214 valence electrons. The summed E-state index contributed by atoms with van der Waals surface area (Å²) < 4.78 is 7.71. The summed E-state index contributed by atoms with van der Waals surface area (Å²) in [6.07, 6.45) is 2.62. The maximum absolute atomic E-state index is 13.4. The molecule has 1 unspecified atom stereocenters. The summed E-state index contributed by atoms with van der Waals surface area (Å²) in [6.45, 7) is 12.4. The summed E-state index contributed by atoms with van der Waals surface area (Å²) in [5.74, 6) is -0.235. The molecule has 0 radical (unpaired) electrons. The Hall–Kier alpha value is -2.75. The molecule has 0 bridgehead atoms. The second kappa shape index (κ2) is 12.8. The Morgan fingerprint density at radius 3 is 2.38 bits per heavy atom. The van der Waals surface area contributed by atoms with Gasteiger partial charge in [0.25, 0.3) is 0 Å². The third kappa shape index (κ3) is 6.75. The van der Waals surface area contributed by atoms with Crippen molar-refractivity contribution in [2.75, 3.05) is 20.2 Å². The number of rotatable bonds is 8. The number of ether oxygens (including phenoxy) is 1. The van der Waals surface area contributed by atoms with E-state index in [1.807, 2.05) is 23.2 Å². The molecular weight excluding hydrogens is 594 g/mol. The molecule has 0 spiro atoms. The van der Waals surface area contributed by atoms with E-state index in [4.69, 9.17) is 16.3 Å². The Morgan fingerprint density at radius 1 is 1.10 bits per heavy atom. The number of piperazine rings is 1. The van der Waals surface area contributed by atoms with Crippen molar-refractivity contribution in [2.24, 2.45) is 0 Å². The smallest absolute Gasteiger partial charge is 0.331 e. The highest BCUT2D eigenvalue weighted by atomic mass is 79.9. The first-order valence-electron chi connectivity index (χ1n) is 13.5. The zero-order valence-electron chi connectivity index (χ0n) is 23.9. The number of amides is 1. The lowest BCUT2D eigenvalue weighted by Gasteiger charge is -2.44. The summed E-state index contributed by atoms with van der Waals surface area (Å²) in [6, 6.07) is 9.15. The minimum atomic E-state index is -0.634. The molecule has 1 amide bonds. The number of nitrogens with zero attached hydrogens (tertiary/aromatic N) is 5. The molecule has 4 rings (SSSR count). The van der Waals surface area contributed by atoms with Crippen LogP contribution in [0.3, 0.4) is 0 Å². The van der Waals surface area contributed by atoms with Gasteiger partial charge in [-0.15, -0.1) is 5.10 Å². The van der Waals surface area contributed by atoms with Crippen LogP contribution in [0.15, 0.2) is 41.0 Å². The maximum Gasteiger partial charge on any atom is 0.331 e. The number of carbonyl (C=O) groups is 2. The van der Waals surface area contributed by atoms with E-state index in [-0.39, 0.29) is 24.0 Å². The van der Waals surface area contributed by atoms with Crippen molar-refractivity contribution in [1.29, 1.82) is 0 Å². The molecule has 0 N–H and O–H groups in total. The molecule has 1 fully saturated rings. The highest BCUT2D eigenvalue weighted by Crippen LogP contribution is 2.28. The van der Waals surface area contributed by atoms with Crippen LogP contribution < -0.4 is 0 Å². The van der Waals surface area contributed by atoms with Crippen LogP contribution in [0.5, 0.6) is 0 Å². The van der Waals surface area contributed by atoms with E-state index < -0.39 is 6.04 Å². The molecule has 10 heteroatoms. The van der Waals surface area contributed by atoms with Crippen LogP contribution in [-0.2, 0) is 33.7 Å². The van der Waals surface area contributed by atoms with Crippen molar-refractivity contribution >= 4 is 39.4 Å². The Kier molecular flexibility index (Phi) is 9.69. The van der Waals surface area contributed by atoms with Gasteiger partial charge in [-0.25, -0.2) is 9.48 Å². The predicted octanol–water partition coefficient (Wildman–Crippen LogP) is 5.24. The second-order valence-electron chi connectivity index (χ2n) is 10.8. The second-order valence-corrected chi connectivity index (χ2v) is 12.1. The van der Waals surface area contributed by atoms with E-state index in [0.29, 0.717) is 37.5 Å². The van der Waals surface area contributed by atoms with Gasteiger partial charge in [0, 0.05) is 47.6 Å². The Bertz CT molecular complexity index is 1360. The zero-order chi connectivity index (χ0) is 29.1. The molecule has 1 saturated heterocycles. The lowest BCUT2D eigenvalue weighted by Crippen LogP contribution is -2.57. The Balaban J connectivity index is 1.42.